The topological polar surface area (TPSA) is 29.5 Å². The lowest BCUT2D eigenvalue weighted by atomic mass is 10.0. The average Bonchev–Trinajstić information content (AvgIpc) is 2.30. The molecule has 0 aliphatic carbocycles. The van der Waals surface area contributed by atoms with Gasteiger partial charge in [0.25, 0.3) is 0 Å². The molecule has 12 heavy (non-hydrogen) atoms. The van der Waals surface area contributed by atoms with Crippen molar-refractivity contribution in [3.05, 3.63) is 0 Å². The van der Waals surface area contributed by atoms with E-state index in [1.165, 1.54) is 7.11 Å². The second-order valence-electron chi connectivity index (χ2n) is 3.28. The van der Waals surface area contributed by atoms with Crippen molar-refractivity contribution in [2.24, 2.45) is 5.92 Å². The molecule has 4 heteroatoms. The number of nitrogens with zero attached hydrogens (tertiary/aromatic N) is 1. The molecule has 0 unspecified atom stereocenters. The van der Waals surface area contributed by atoms with Crippen molar-refractivity contribution in [1.29, 1.82) is 0 Å². The van der Waals surface area contributed by atoms with Gasteiger partial charge in [-0.15, -0.1) is 0 Å². The monoisotopic (exact) mass is 175 g/mol. The number of hydrogen-bond acceptors (Lipinski definition) is 3. The van der Waals surface area contributed by atoms with E-state index in [1.807, 2.05) is 11.9 Å². The molecule has 0 amide bonds. The normalized spacial score (nSPS) is 30.6. The summed E-state index contributed by atoms with van der Waals surface area (Å²) in [6.45, 7) is 1.08. The second-order valence-corrected chi connectivity index (χ2v) is 3.28. The molecule has 3 nitrogen and oxygen atoms in total. The van der Waals surface area contributed by atoms with E-state index in [-0.39, 0.29) is 18.3 Å². The van der Waals surface area contributed by atoms with Gasteiger partial charge in [-0.2, -0.15) is 0 Å². The number of esters is 1. The summed E-state index contributed by atoms with van der Waals surface area (Å²) in [6.07, 6.45) is -0.684. The van der Waals surface area contributed by atoms with Crippen molar-refractivity contribution >= 4 is 5.97 Å². The molecule has 1 aliphatic heterocycles. The molecule has 0 aromatic heterocycles. The minimum Gasteiger partial charge on any atom is -0.469 e. The molecule has 70 valence electrons. The van der Waals surface area contributed by atoms with Crippen LogP contribution in [0.4, 0.5) is 4.39 Å². The van der Waals surface area contributed by atoms with Crippen LogP contribution in [0, 0.1) is 5.92 Å². The maximum atomic E-state index is 13.1. The Balaban J connectivity index is 2.37. The molecular formula is C8H14FNO2. The predicted octanol–water partition coefficient (Wildman–Crippen LogP) is 0.449. The number of methoxy groups -OCH3 is 1. The van der Waals surface area contributed by atoms with Crippen LogP contribution in [0.15, 0.2) is 0 Å². The number of carbonyl (C=O) groups is 1. The molecule has 0 saturated carbocycles. The summed E-state index contributed by atoms with van der Waals surface area (Å²) in [4.78, 5) is 12.7. The number of hydrogen-bond donors (Lipinski definition) is 0. The lowest BCUT2D eigenvalue weighted by Gasteiger charge is -2.09. The van der Waals surface area contributed by atoms with E-state index in [4.69, 9.17) is 0 Å². The van der Waals surface area contributed by atoms with Crippen LogP contribution < -0.4 is 0 Å². The summed E-state index contributed by atoms with van der Waals surface area (Å²) in [7, 11) is 3.18. The van der Waals surface area contributed by atoms with Crippen LogP contribution in [-0.4, -0.2) is 44.3 Å². The second kappa shape index (κ2) is 3.85. The van der Waals surface area contributed by atoms with Gasteiger partial charge in [-0.25, -0.2) is 4.39 Å². The Kier molecular flexibility index (Phi) is 3.03. The van der Waals surface area contributed by atoms with E-state index in [2.05, 4.69) is 4.74 Å². The number of rotatable bonds is 2. The fraction of sp³-hybridized carbons (Fsp3) is 0.875. The summed E-state index contributed by atoms with van der Waals surface area (Å²) >= 11 is 0. The summed E-state index contributed by atoms with van der Waals surface area (Å²) in [5, 5.41) is 0. The Bertz CT molecular complexity index is 174. The third kappa shape index (κ3) is 2.17. The quantitative estimate of drug-likeness (QED) is 0.571. The third-order valence-electron chi connectivity index (χ3n) is 2.20. The standard InChI is InChI=1S/C8H14FNO2/c1-10-4-6(7(9)5-10)3-8(11)12-2/h6-7H,3-5H2,1-2H3/t6-,7-/m1/s1. The first-order chi connectivity index (χ1) is 5.63. The number of halogens is 1. The van der Waals surface area contributed by atoms with E-state index in [0.29, 0.717) is 13.1 Å². The fourth-order valence-electron chi connectivity index (χ4n) is 1.53. The Morgan fingerprint density at radius 1 is 1.67 bits per heavy atom. The summed E-state index contributed by atoms with van der Waals surface area (Å²) in [5.74, 6) is -0.500. The highest BCUT2D eigenvalue weighted by Gasteiger charge is 2.32. The zero-order chi connectivity index (χ0) is 9.14. The Morgan fingerprint density at radius 3 is 2.75 bits per heavy atom. The van der Waals surface area contributed by atoms with Crippen molar-refractivity contribution in [3.63, 3.8) is 0 Å². The van der Waals surface area contributed by atoms with Crippen LogP contribution in [0.2, 0.25) is 0 Å². The minimum atomic E-state index is -0.880. The van der Waals surface area contributed by atoms with E-state index in [0.717, 1.165) is 0 Å². The Hall–Kier alpha value is -0.640. The first-order valence-corrected chi connectivity index (χ1v) is 4.03. The molecule has 0 aromatic carbocycles. The van der Waals surface area contributed by atoms with Gasteiger partial charge in [0.05, 0.1) is 13.5 Å². The number of ether oxygens (including phenoxy) is 1. The SMILES string of the molecule is COC(=O)C[C@@H]1CN(C)C[C@H]1F. The van der Waals surface area contributed by atoms with Crippen LogP contribution in [0.1, 0.15) is 6.42 Å². The molecule has 1 rings (SSSR count). The first kappa shape index (κ1) is 9.45. The highest BCUT2D eigenvalue weighted by Crippen LogP contribution is 2.21. The van der Waals surface area contributed by atoms with Crippen LogP contribution in [-0.2, 0) is 9.53 Å². The maximum absolute atomic E-state index is 13.1. The molecule has 0 radical (unpaired) electrons. The van der Waals surface area contributed by atoms with Crippen molar-refractivity contribution in [1.82, 2.24) is 4.90 Å². The van der Waals surface area contributed by atoms with E-state index in [9.17, 15) is 9.18 Å². The molecular weight excluding hydrogens is 161 g/mol. The number of carbonyl (C=O) groups excluding carboxylic acids is 1. The molecule has 1 fully saturated rings. The van der Waals surface area contributed by atoms with Crippen LogP contribution in [0.25, 0.3) is 0 Å². The van der Waals surface area contributed by atoms with Gasteiger partial charge in [-0.1, -0.05) is 0 Å². The summed E-state index contributed by atoms with van der Waals surface area (Å²) in [6, 6.07) is 0. The molecule has 0 spiro atoms. The lowest BCUT2D eigenvalue weighted by molar-refractivity contribution is -0.142. The van der Waals surface area contributed by atoms with Gasteiger partial charge in [0.1, 0.15) is 6.17 Å². The van der Waals surface area contributed by atoms with Crippen molar-refractivity contribution < 1.29 is 13.9 Å². The smallest absolute Gasteiger partial charge is 0.305 e. The minimum absolute atomic E-state index is 0.178. The molecule has 2 atom stereocenters. The van der Waals surface area contributed by atoms with Gasteiger partial charge in [-0.3, -0.25) is 4.79 Å². The van der Waals surface area contributed by atoms with Gasteiger partial charge >= 0.3 is 5.97 Å². The number of alkyl halides is 1. The van der Waals surface area contributed by atoms with Crippen molar-refractivity contribution in [3.8, 4) is 0 Å². The fourth-order valence-corrected chi connectivity index (χ4v) is 1.53. The zero-order valence-corrected chi connectivity index (χ0v) is 7.42. The van der Waals surface area contributed by atoms with Crippen LogP contribution in [0.3, 0.4) is 0 Å². The summed E-state index contributed by atoms with van der Waals surface area (Å²) in [5.41, 5.74) is 0. The highest BCUT2D eigenvalue weighted by molar-refractivity contribution is 5.69. The van der Waals surface area contributed by atoms with Crippen molar-refractivity contribution in [2.75, 3.05) is 27.2 Å². The van der Waals surface area contributed by atoms with Crippen LogP contribution in [0.5, 0.6) is 0 Å². The zero-order valence-electron chi connectivity index (χ0n) is 7.42. The van der Waals surface area contributed by atoms with Gasteiger partial charge in [0.2, 0.25) is 0 Å². The van der Waals surface area contributed by atoms with Gasteiger partial charge in [0.15, 0.2) is 0 Å². The van der Waals surface area contributed by atoms with Gasteiger partial charge in [0, 0.05) is 19.0 Å². The highest BCUT2D eigenvalue weighted by atomic mass is 19.1. The molecule has 0 N–H and O–H groups in total. The van der Waals surface area contributed by atoms with E-state index < -0.39 is 6.17 Å². The molecule has 0 aromatic rings. The van der Waals surface area contributed by atoms with E-state index >= 15 is 0 Å². The molecule has 1 aliphatic rings. The van der Waals surface area contributed by atoms with E-state index in [1.54, 1.807) is 0 Å². The Labute approximate surface area is 71.5 Å². The van der Waals surface area contributed by atoms with Gasteiger partial charge in [-0.05, 0) is 7.05 Å². The third-order valence-corrected chi connectivity index (χ3v) is 2.20. The van der Waals surface area contributed by atoms with Crippen molar-refractivity contribution in [2.45, 2.75) is 12.6 Å². The molecule has 1 heterocycles. The largest absolute Gasteiger partial charge is 0.469 e. The Morgan fingerprint density at radius 2 is 2.33 bits per heavy atom. The average molecular weight is 175 g/mol. The predicted molar refractivity (Wildman–Crippen MR) is 42.5 cm³/mol. The van der Waals surface area contributed by atoms with Gasteiger partial charge < -0.3 is 9.64 Å². The molecule has 0 bridgehead atoms. The van der Waals surface area contributed by atoms with Crippen LogP contribution >= 0.6 is 0 Å². The maximum Gasteiger partial charge on any atom is 0.305 e. The lowest BCUT2D eigenvalue weighted by Crippen LogP contribution is -2.18. The molecule has 1 saturated heterocycles. The first-order valence-electron chi connectivity index (χ1n) is 4.03. The number of likely N-dealkylation sites (tertiary alicyclic amines) is 1. The summed E-state index contributed by atoms with van der Waals surface area (Å²) < 4.78 is 17.6.